The average molecular weight is 396 g/mol. The van der Waals surface area contributed by atoms with Gasteiger partial charge in [-0.25, -0.2) is 14.4 Å². The van der Waals surface area contributed by atoms with Crippen molar-refractivity contribution in [2.24, 2.45) is 0 Å². The topological polar surface area (TPSA) is 90.6 Å². The number of hydrogen-bond donors (Lipinski definition) is 2. The molecule has 1 aliphatic rings. The summed E-state index contributed by atoms with van der Waals surface area (Å²) in [5.41, 5.74) is 1.39. The first-order chi connectivity index (χ1) is 13.7. The minimum Gasteiger partial charge on any atom is -0.308 e. The highest BCUT2D eigenvalue weighted by molar-refractivity contribution is 7.22. The van der Waals surface area contributed by atoms with Gasteiger partial charge in [0.1, 0.15) is 28.5 Å². The van der Waals surface area contributed by atoms with Crippen molar-refractivity contribution in [1.82, 2.24) is 30.0 Å². The molecule has 5 rings (SSSR count). The standard InChI is InChI=1S/C19H17FN6OS/c20-12-5-3-11(4-6-12)15-8-13-17(28-15)19(27)24-16(23-13)9-26-7-1-2-14(26)18-21-10-22-25-18/h3-6,8,10,14H,1-2,7,9H2,(H,21,22,25)(H,23,24,27)/t14-/m0/s1. The van der Waals surface area contributed by atoms with Crippen LogP contribution in [0.2, 0.25) is 0 Å². The molecular weight excluding hydrogens is 379 g/mol. The van der Waals surface area contributed by atoms with Gasteiger partial charge in [0.05, 0.1) is 18.1 Å². The first-order valence-electron chi connectivity index (χ1n) is 9.05. The van der Waals surface area contributed by atoms with E-state index in [1.807, 2.05) is 6.07 Å². The van der Waals surface area contributed by atoms with Crippen molar-refractivity contribution in [3.05, 3.63) is 64.5 Å². The second-order valence-electron chi connectivity index (χ2n) is 6.84. The maximum atomic E-state index is 13.2. The molecule has 4 heterocycles. The predicted molar refractivity (Wildman–Crippen MR) is 104 cm³/mol. The minimum absolute atomic E-state index is 0.145. The third-order valence-electron chi connectivity index (χ3n) is 5.03. The van der Waals surface area contributed by atoms with E-state index in [9.17, 15) is 9.18 Å². The Morgan fingerprint density at radius 3 is 2.93 bits per heavy atom. The number of nitrogens with one attached hydrogen (secondary N) is 2. The van der Waals surface area contributed by atoms with E-state index in [0.717, 1.165) is 35.7 Å². The normalized spacial score (nSPS) is 17.5. The first-order valence-corrected chi connectivity index (χ1v) is 9.87. The van der Waals surface area contributed by atoms with Crippen molar-refractivity contribution >= 4 is 21.6 Å². The summed E-state index contributed by atoms with van der Waals surface area (Å²) in [7, 11) is 0. The lowest BCUT2D eigenvalue weighted by molar-refractivity contribution is 0.234. The van der Waals surface area contributed by atoms with Gasteiger partial charge in [-0.3, -0.25) is 14.8 Å². The average Bonchev–Trinajstić information content (AvgIpc) is 3.42. The molecule has 1 fully saturated rings. The zero-order chi connectivity index (χ0) is 19.1. The van der Waals surface area contributed by atoms with Gasteiger partial charge in [-0.05, 0) is 43.1 Å². The van der Waals surface area contributed by atoms with Gasteiger partial charge in [-0.15, -0.1) is 11.3 Å². The Bertz CT molecular complexity index is 1170. The van der Waals surface area contributed by atoms with Crippen LogP contribution in [-0.2, 0) is 6.54 Å². The van der Waals surface area contributed by atoms with Gasteiger partial charge in [0.2, 0.25) is 0 Å². The number of thiophene rings is 1. The molecule has 0 radical (unpaired) electrons. The van der Waals surface area contributed by atoms with Gasteiger partial charge in [-0.1, -0.05) is 12.1 Å². The number of halogens is 1. The molecule has 3 aromatic heterocycles. The van der Waals surface area contributed by atoms with Gasteiger partial charge < -0.3 is 4.98 Å². The number of benzene rings is 1. The number of rotatable bonds is 4. The van der Waals surface area contributed by atoms with E-state index in [-0.39, 0.29) is 17.4 Å². The smallest absolute Gasteiger partial charge is 0.268 e. The molecule has 2 N–H and O–H groups in total. The summed E-state index contributed by atoms with van der Waals surface area (Å²) in [5, 5.41) is 6.88. The molecule has 4 aromatic rings. The van der Waals surface area contributed by atoms with Gasteiger partial charge in [0.15, 0.2) is 0 Å². The van der Waals surface area contributed by atoms with Crippen LogP contribution in [0.25, 0.3) is 20.7 Å². The van der Waals surface area contributed by atoms with Gasteiger partial charge in [-0.2, -0.15) is 5.10 Å². The Morgan fingerprint density at radius 2 is 2.14 bits per heavy atom. The highest BCUT2D eigenvalue weighted by Crippen LogP contribution is 2.32. The lowest BCUT2D eigenvalue weighted by atomic mass is 10.2. The van der Waals surface area contributed by atoms with E-state index >= 15 is 0 Å². The fourth-order valence-electron chi connectivity index (χ4n) is 3.71. The molecule has 0 aliphatic carbocycles. The van der Waals surface area contributed by atoms with Crippen LogP contribution in [0.3, 0.4) is 0 Å². The van der Waals surface area contributed by atoms with Crippen LogP contribution in [0.4, 0.5) is 4.39 Å². The monoisotopic (exact) mass is 396 g/mol. The zero-order valence-electron chi connectivity index (χ0n) is 14.9. The van der Waals surface area contributed by atoms with Gasteiger partial charge >= 0.3 is 0 Å². The maximum absolute atomic E-state index is 13.2. The summed E-state index contributed by atoms with van der Waals surface area (Å²) in [6.45, 7) is 1.45. The Kier molecular flexibility index (Phi) is 4.25. The van der Waals surface area contributed by atoms with E-state index < -0.39 is 0 Å². The fourth-order valence-corrected chi connectivity index (χ4v) is 4.71. The van der Waals surface area contributed by atoms with Crippen molar-refractivity contribution in [3.8, 4) is 10.4 Å². The molecule has 0 saturated carbocycles. The number of nitrogens with zero attached hydrogens (tertiary/aromatic N) is 4. The first kappa shape index (κ1) is 17.2. The quantitative estimate of drug-likeness (QED) is 0.553. The second kappa shape index (κ2) is 6.92. The molecule has 0 amide bonds. The van der Waals surface area contributed by atoms with Gasteiger partial charge in [0, 0.05) is 4.88 Å². The minimum atomic E-state index is -0.282. The van der Waals surface area contributed by atoms with Crippen LogP contribution < -0.4 is 5.56 Å². The molecule has 0 spiro atoms. The molecular formula is C19H17FN6OS. The molecule has 142 valence electrons. The number of aromatic amines is 2. The summed E-state index contributed by atoms with van der Waals surface area (Å²) >= 11 is 1.37. The maximum Gasteiger partial charge on any atom is 0.268 e. The van der Waals surface area contributed by atoms with Crippen LogP contribution in [0.15, 0.2) is 41.5 Å². The van der Waals surface area contributed by atoms with Crippen LogP contribution in [0, 0.1) is 5.82 Å². The molecule has 9 heteroatoms. The molecule has 0 bridgehead atoms. The fraction of sp³-hybridized carbons (Fsp3) is 0.263. The van der Waals surface area contributed by atoms with E-state index in [4.69, 9.17) is 0 Å². The Morgan fingerprint density at radius 1 is 1.29 bits per heavy atom. The SMILES string of the molecule is O=c1[nH]c(CN2CCC[C@H]2c2ncn[nH]2)nc2cc(-c3ccc(F)cc3)sc12. The van der Waals surface area contributed by atoms with E-state index in [2.05, 4.69) is 30.0 Å². The van der Waals surface area contributed by atoms with Crippen molar-refractivity contribution in [2.45, 2.75) is 25.4 Å². The number of H-pyrrole nitrogens is 2. The summed E-state index contributed by atoms with van der Waals surface area (Å²) in [5.74, 6) is 1.19. The largest absolute Gasteiger partial charge is 0.308 e. The third kappa shape index (κ3) is 3.12. The van der Waals surface area contributed by atoms with Crippen LogP contribution in [0.5, 0.6) is 0 Å². The number of fused-ring (bicyclic) bond motifs is 1. The van der Waals surface area contributed by atoms with Gasteiger partial charge in [0.25, 0.3) is 5.56 Å². The second-order valence-corrected chi connectivity index (χ2v) is 7.90. The Hall–Kier alpha value is -2.91. The summed E-state index contributed by atoms with van der Waals surface area (Å²) in [6.07, 6.45) is 3.57. The summed E-state index contributed by atoms with van der Waals surface area (Å²) < 4.78 is 13.8. The van der Waals surface area contributed by atoms with Crippen molar-refractivity contribution < 1.29 is 4.39 Å². The van der Waals surface area contributed by atoms with Crippen LogP contribution >= 0.6 is 11.3 Å². The molecule has 1 atom stereocenters. The van der Waals surface area contributed by atoms with E-state index in [0.29, 0.717) is 22.6 Å². The van der Waals surface area contributed by atoms with E-state index in [1.165, 1.54) is 29.8 Å². The zero-order valence-corrected chi connectivity index (χ0v) is 15.7. The molecule has 1 aliphatic heterocycles. The predicted octanol–water partition coefficient (Wildman–Crippen LogP) is 3.25. The highest BCUT2D eigenvalue weighted by Gasteiger charge is 2.28. The lowest BCUT2D eigenvalue weighted by Gasteiger charge is -2.21. The van der Waals surface area contributed by atoms with Crippen LogP contribution in [-0.4, -0.2) is 36.6 Å². The number of hydrogen-bond acceptors (Lipinski definition) is 6. The lowest BCUT2D eigenvalue weighted by Crippen LogP contribution is -2.26. The molecule has 1 aromatic carbocycles. The molecule has 1 saturated heterocycles. The van der Waals surface area contributed by atoms with Crippen molar-refractivity contribution in [3.63, 3.8) is 0 Å². The molecule has 28 heavy (non-hydrogen) atoms. The highest BCUT2D eigenvalue weighted by atomic mass is 32.1. The number of aromatic nitrogens is 5. The van der Waals surface area contributed by atoms with Crippen molar-refractivity contribution in [1.29, 1.82) is 0 Å². The molecule has 7 nitrogen and oxygen atoms in total. The molecule has 0 unspecified atom stereocenters. The summed E-state index contributed by atoms with van der Waals surface area (Å²) in [4.78, 5) is 27.6. The van der Waals surface area contributed by atoms with Crippen LogP contribution in [0.1, 0.15) is 30.5 Å². The Labute approximate surface area is 163 Å². The summed E-state index contributed by atoms with van der Waals surface area (Å²) in [6, 6.07) is 8.30. The van der Waals surface area contributed by atoms with Crippen molar-refractivity contribution in [2.75, 3.05) is 6.54 Å². The van der Waals surface area contributed by atoms with E-state index in [1.54, 1.807) is 12.1 Å². The number of likely N-dealkylation sites (tertiary alicyclic amines) is 1. The Balaban J connectivity index is 1.46. The third-order valence-corrected chi connectivity index (χ3v) is 6.20.